The first-order valence-corrected chi connectivity index (χ1v) is 7.81. The molecule has 5 heteroatoms. The smallest absolute Gasteiger partial charge is 0.151 e. The molecule has 0 bridgehead atoms. The second-order valence-electron chi connectivity index (χ2n) is 6.46. The van der Waals surface area contributed by atoms with E-state index in [0.29, 0.717) is 12.0 Å². The molecule has 20 heavy (non-hydrogen) atoms. The summed E-state index contributed by atoms with van der Waals surface area (Å²) in [4.78, 5) is 2.31. The van der Waals surface area contributed by atoms with E-state index in [2.05, 4.69) is 26.5 Å². The first-order valence-electron chi connectivity index (χ1n) is 7.81. The number of rotatable bonds is 4. The molecule has 0 aromatic carbocycles. The summed E-state index contributed by atoms with van der Waals surface area (Å²) >= 11 is 0. The molecule has 108 valence electrons. The van der Waals surface area contributed by atoms with Crippen LogP contribution < -0.4 is 10.2 Å². The summed E-state index contributed by atoms with van der Waals surface area (Å²) in [5.41, 5.74) is 2.60. The van der Waals surface area contributed by atoms with Gasteiger partial charge >= 0.3 is 0 Å². The Hall–Kier alpha value is -1.20. The summed E-state index contributed by atoms with van der Waals surface area (Å²) < 4.78 is 0. The molecule has 2 unspecified atom stereocenters. The van der Waals surface area contributed by atoms with Gasteiger partial charge < -0.3 is 15.3 Å². The molecule has 0 amide bonds. The van der Waals surface area contributed by atoms with Crippen LogP contribution >= 0.6 is 0 Å². The van der Waals surface area contributed by atoms with Crippen LogP contribution in [0.4, 0.5) is 5.82 Å². The summed E-state index contributed by atoms with van der Waals surface area (Å²) in [6.07, 6.45) is 5.44. The van der Waals surface area contributed by atoms with E-state index in [-0.39, 0.29) is 6.10 Å². The molecule has 2 N–H and O–H groups in total. The van der Waals surface area contributed by atoms with Crippen molar-refractivity contribution in [2.75, 3.05) is 24.5 Å². The highest BCUT2D eigenvalue weighted by atomic mass is 16.3. The molecule has 4 rings (SSSR count). The van der Waals surface area contributed by atoms with Gasteiger partial charge in [0.1, 0.15) is 0 Å². The largest absolute Gasteiger partial charge is 0.392 e. The first-order chi connectivity index (χ1) is 9.79. The SMILES string of the molecule is OC1CCC1NCC1CN(c2cc3c(nn2)CCC3)C1. The second-order valence-corrected chi connectivity index (χ2v) is 6.46. The van der Waals surface area contributed by atoms with Gasteiger partial charge in [0.15, 0.2) is 5.82 Å². The Bertz CT molecular complexity index is 501. The van der Waals surface area contributed by atoms with Crippen molar-refractivity contribution in [3.63, 3.8) is 0 Å². The number of hydrogen-bond donors (Lipinski definition) is 2. The van der Waals surface area contributed by atoms with Gasteiger partial charge in [-0.25, -0.2) is 0 Å². The molecule has 2 aliphatic carbocycles. The zero-order chi connectivity index (χ0) is 13.5. The normalized spacial score (nSPS) is 28.9. The number of nitrogens with one attached hydrogen (secondary N) is 1. The lowest BCUT2D eigenvalue weighted by molar-refractivity contribution is 0.0474. The quantitative estimate of drug-likeness (QED) is 0.838. The van der Waals surface area contributed by atoms with Crippen LogP contribution in [0.5, 0.6) is 0 Å². The Labute approximate surface area is 119 Å². The summed E-state index contributed by atoms with van der Waals surface area (Å²) in [7, 11) is 0. The topological polar surface area (TPSA) is 61.3 Å². The van der Waals surface area contributed by atoms with Crippen molar-refractivity contribution in [2.45, 2.75) is 44.2 Å². The number of nitrogens with zero attached hydrogens (tertiary/aromatic N) is 3. The molecule has 0 radical (unpaired) electrons. The number of aryl methyl sites for hydroxylation is 2. The van der Waals surface area contributed by atoms with Gasteiger partial charge in [-0.1, -0.05) is 0 Å². The van der Waals surface area contributed by atoms with Crippen molar-refractivity contribution in [3.8, 4) is 0 Å². The zero-order valence-corrected chi connectivity index (χ0v) is 11.8. The van der Waals surface area contributed by atoms with E-state index in [1.165, 1.54) is 17.7 Å². The molecule has 1 aromatic heterocycles. The van der Waals surface area contributed by atoms with Crippen LogP contribution in [0.25, 0.3) is 0 Å². The average Bonchev–Trinajstić information content (AvgIpc) is 2.86. The number of fused-ring (bicyclic) bond motifs is 1. The van der Waals surface area contributed by atoms with Gasteiger partial charge in [0.05, 0.1) is 11.8 Å². The number of hydrogen-bond acceptors (Lipinski definition) is 5. The molecule has 5 nitrogen and oxygen atoms in total. The number of aliphatic hydroxyl groups is 1. The number of anilines is 1. The van der Waals surface area contributed by atoms with Gasteiger partial charge in [0.25, 0.3) is 0 Å². The van der Waals surface area contributed by atoms with Crippen molar-refractivity contribution in [1.29, 1.82) is 0 Å². The van der Waals surface area contributed by atoms with Crippen molar-refractivity contribution >= 4 is 5.82 Å². The van der Waals surface area contributed by atoms with Gasteiger partial charge in [0, 0.05) is 31.6 Å². The van der Waals surface area contributed by atoms with Crippen molar-refractivity contribution in [3.05, 3.63) is 17.3 Å². The fourth-order valence-corrected chi connectivity index (χ4v) is 3.40. The van der Waals surface area contributed by atoms with E-state index in [0.717, 1.165) is 51.1 Å². The number of aromatic nitrogens is 2. The monoisotopic (exact) mass is 274 g/mol. The van der Waals surface area contributed by atoms with E-state index in [4.69, 9.17) is 0 Å². The molecule has 2 heterocycles. The predicted octanol–water partition coefficient (Wildman–Crippen LogP) is 0.514. The van der Waals surface area contributed by atoms with Crippen molar-refractivity contribution in [1.82, 2.24) is 15.5 Å². The third-order valence-electron chi connectivity index (χ3n) is 4.99. The maximum atomic E-state index is 9.54. The van der Waals surface area contributed by atoms with Gasteiger partial charge in [-0.15, -0.1) is 5.10 Å². The van der Waals surface area contributed by atoms with Gasteiger partial charge in [-0.3, -0.25) is 0 Å². The Kier molecular flexibility index (Phi) is 3.11. The molecule has 1 aromatic rings. The van der Waals surface area contributed by atoms with Crippen LogP contribution in [0.15, 0.2) is 6.07 Å². The van der Waals surface area contributed by atoms with E-state index in [1.54, 1.807) is 0 Å². The van der Waals surface area contributed by atoms with Crippen molar-refractivity contribution in [2.24, 2.45) is 5.92 Å². The van der Waals surface area contributed by atoms with E-state index in [9.17, 15) is 5.11 Å². The highest BCUT2D eigenvalue weighted by Crippen LogP contribution is 2.27. The van der Waals surface area contributed by atoms with Crippen LogP contribution in [0, 0.1) is 5.92 Å². The summed E-state index contributed by atoms with van der Waals surface area (Å²) in [5, 5.41) is 21.7. The minimum Gasteiger partial charge on any atom is -0.392 e. The van der Waals surface area contributed by atoms with Crippen LogP contribution in [0.2, 0.25) is 0 Å². The lowest BCUT2D eigenvalue weighted by Gasteiger charge is -2.42. The minimum atomic E-state index is -0.117. The minimum absolute atomic E-state index is 0.117. The van der Waals surface area contributed by atoms with Crippen LogP contribution in [0.3, 0.4) is 0 Å². The second kappa shape index (κ2) is 4.97. The van der Waals surface area contributed by atoms with Crippen molar-refractivity contribution < 1.29 is 5.11 Å². The van der Waals surface area contributed by atoms with Crippen LogP contribution in [-0.4, -0.2) is 47.1 Å². The van der Waals surface area contributed by atoms with Crippen LogP contribution in [0.1, 0.15) is 30.5 Å². The maximum absolute atomic E-state index is 9.54. The van der Waals surface area contributed by atoms with E-state index < -0.39 is 0 Å². The summed E-state index contributed by atoms with van der Waals surface area (Å²) in [6.45, 7) is 3.13. The van der Waals surface area contributed by atoms with Gasteiger partial charge in [-0.2, -0.15) is 5.10 Å². The lowest BCUT2D eigenvalue weighted by Crippen LogP contribution is -2.55. The molecule has 3 aliphatic rings. The molecule has 0 spiro atoms. The third kappa shape index (κ3) is 2.19. The summed E-state index contributed by atoms with van der Waals surface area (Å²) in [5.74, 6) is 1.73. The predicted molar refractivity (Wildman–Crippen MR) is 76.8 cm³/mol. The molecule has 1 aliphatic heterocycles. The third-order valence-corrected chi connectivity index (χ3v) is 4.99. The Balaban J connectivity index is 1.28. The Morgan fingerprint density at radius 3 is 2.90 bits per heavy atom. The Morgan fingerprint density at radius 2 is 2.15 bits per heavy atom. The fraction of sp³-hybridized carbons (Fsp3) is 0.733. The van der Waals surface area contributed by atoms with E-state index >= 15 is 0 Å². The molecule has 2 fully saturated rings. The molecular weight excluding hydrogens is 252 g/mol. The number of aliphatic hydroxyl groups excluding tert-OH is 1. The fourth-order valence-electron chi connectivity index (χ4n) is 3.40. The zero-order valence-electron chi connectivity index (χ0n) is 11.8. The van der Waals surface area contributed by atoms with Gasteiger partial charge in [-0.05, 0) is 43.7 Å². The highest BCUT2D eigenvalue weighted by molar-refractivity contribution is 5.45. The van der Waals surface area contributed by atoms with Gasteiger partial charge in [0.2, 0.25) is 0 Å². The lowest BCUT2D eigenvalue weighted by atomic mass is 9.88. The molecule has 1 saturated heterocycles. The van der Waals surface area contributed by atoms with Crippen LogP contribution in [-0.2, 0) is 12.8 Å². The average molecular weight is 274 g/mol. The standard InChI is InChI=1S/C15H22N4O/c20-14-5-4-13(14)16-7-10-8-19(9-10)15-6-11-2-1-3-12(11)17-18-15/h6,10,13-14,16,20H,1-5,7-9H2. The molecule has 1 saturated carbocycles. The molecule has 2 atom stereocenters. The summed E-state index contributed by atoms with van der Waals surface area (Å²) in [6, 6.07) is 2.57. The maximum Gasteiger partial charge on any atom is 0.151 e. The highest BCUT2D eigenvalue weighted by Gasteiger charge is 2.32. The van der Waals surface area contributed by atoms with E-state index in [1.807, 2.05) is 0 Å². The first kappa shape index (κ1) is 12.5. The Morgan fingerprint density at radius 1 is 1.25 bits per heavy atom. The molecular formula is C15H22N4O.